The third-order valence-corrected chi connectivity index (χ3v) is 4.98. The van der Waals surface area contributed by atoms with Crippen molar-refractivity contribution in [1.29, 1.82) is 0 Å². The van der Waals surface area contributed by atoms with E-state index in [0.29, 0.717) is 5.56 Å². The second-order valence-corrected chi connectivity index (χ2v) is 7.25. The maximum Gasteiger partial charge on any atom is 0.122 e. The maximum atomic E-state index is 9.72. The number of rotatable bonds is 14. The second kappa shape index (κ2) is 13.1. The third kappa shape index (κ3) is 9.20. The molecule has 0 saturated heterocycles. The fourth-order valence-electron chi connectivity index (χ4n) is 3.23. The molecule has 0 fully saturated rings. The lowest BCUT2D eigenvalue weighted by molar-refractivity contribution is 0.441. The van der Waals surface area contributed by atoms with E-state index in [2.05, 4.69) is 6.92 Å². The van der Waals surface area contributed by atoms with Gasteiger partial charge in [-0.05, 0) is 37.5 Å². The van der Waals surface area contributed by atoms with Gasteiger partial charge in [0.15, 0.2) is 0 Å². The summed E-state index contributed by atoms with van der Waals surface area (Å²) in [6.45, 7) is 4.01. The molecular weight excluding hydrogens is 296 g/mol. The van der Waals surface area contributed by atoms with Crippen LogP contribution in [0.5, 0.6) is 11.5 Å². The number of phenols is 2. The Morgan fingerprint density at radius 1 is 0.625 bits per heavy atom. The molecule has 0 aliphatic carbocycles. The first-order chi connectivity index (χ1) is 11.6. The van der Waals surface area contributed by atoms with Gasteiger partial charge in [0.05, 0.1) is 0 Å². The molecule has 1 rings (SSSR count). The van der Waals surface area contributed by atoms with E-state index in [1.807, 2.05) is 0 Å². The summed E-state index contributed by atoms with van der Waals surface area (Å²) in [5.41, 5.74) is 1.61. The van der Waals surface area contributed by atoms with E-state index < -0.39 is 0 Å². The highest BCUT2D eigenvalue weighted by Crippen LogP contribution is 2.28. The SMILES string of the molecule is CCCCCCCCCCCCCCCc1cc(O)c(C)c(O)c1. The van der Waals surface area contributed by atoms with Crippen molar-refractivity contribution in [3.8, 4) is 11.5 Å². The molecule has 0 unspecified atom stereocenters. The molecule has 24 heavy (non-hydrogen) atoms. The summed E-state index contributed by atoms with van der Waals surface area (Å²) in [5, 5.41) is 19.4. The minimum atomic E-state index is 0.208. The highest BCUT2D eigenvalue weighted by atomic mass is 16.3. The standard InChI is InChI=1S/C22H38O2/c1-3-4-5-6-7-8-9-10-11-12-13-14-15-16-20-17-21(23)19(2)22(24)18-20/h17-18,23-24H,3-16H2,1-2H3. The predicted molar refractivity (Wildman–Crippen MR) is 104 cm³/mol. The second-order valence-electron chi connectivity index (χ2n) is 7.25. The van der Waals surface area contributed by atoms with Crippen molar-refractivity contribution in [3.63, 3.8) is 0 Å². The highest BCUT2D eigenvalue weighted by Gasteiger charge is 2.05. The molecule has 1 aromatic rings. The Balaban J connectivity index is 1.92. The molecule has 0 radical (unpaired) electrons. The molecule has 0 spiro atoms. The molecule has 0 amide bonds. The molecule has 0 aliphatic heterocycles. The zero-order valence-electron chi connectivity index (χ0n) is 15.9. The molecule has 1 aromatic carbocycles. The predicted octanol–water partition coefficient (Wildman–Crippen LogP) is 7.04. The van der Waals surface area contributed by atoms with E-state index in [0.717, 1.165) is 18.4 Å². The van der Waals surface area contributed by atoms with Gasteiger partial charge >= 0.3 is 0 Å². The van der Waals surface area contributed by atoms with Crippen LogP contribution in [-0.4, -0.2) is 10.2 Å². The van der Waals surface area contributed by atoms with Crippen LogP contribution < -0.4 is 0 Å². The number of benzene rings is 1. The van der Waals surface area contributed by atoms with E-state index in [4.69, 9.17) is 0 Å². The smallest absolute Gasteiger partial charge is 0.122 e. The quantitative estimate of drug-likeness (QED) is 0.358. The summed E-state index contributed by atoms with van der Waals surface area (Å²) in [6, 6.07) is 3.57. The van der Waals surface area contributed by atoms with Gasteiger partial charge in [-0.1, -0.05) is 84.0 Å². The number of aryl methyl sites for hydroxylation is 1. The molecule has 0 heterocycles. The molecule has 0 saturated carbocycles. The Hall–Kier alpha value is -1.18. The van der Waals surface area contributed by atoms with Crippen molar-refractivity contribution in [1.82, 2.24) is 0 Å². The van der Waals surface area contributed by atoms with E-state index in [-0.39, 0.29) is 11.5 Å². The van der Waals surface area contributed by atoms with E-state index >= 15 is 0 Å². The minimum Gasteiger partial charge on any atom is -0.508 e. The van der Waals surface area contributed by atoms with Crippen LogP contribution in [0, 0.1) is 6.92 Å². The number of unbranched alkanes of at least 4 members (excludes halogenated alkanes) is 12. The molecular formula is C22H38O2. The zero-order valence-corrected chi connectivity index (χ0v) is 15.9. The van der Waals surface area contributed by atoms with E-state index in [1.165, 1.54) is 77.0 Å². The largest absolute Gasteiger partial charge is 0.508 e. The summed E-state index contributed by atoms with van der Waals surface area (Å²) in [5.74, 6) is 0.416. The first kappa shape index (κ1) is 20.9. The molecule has 2 heteroatoms. The van der Waals surface area contributed by atoms with Gasteiger partial charge in [-0.15, -0.1) is 0 Å². The molecule has 0 bridgehead atoms. The first-order valence-corrected chi connectivity index (χ1v) is 10.2. The average Bonchev–Trinajstić information content (AvgIpc) is 2.56. The van der Waals surface area contributed by atoms with Crippen LogP contribution in [0.15, 0.2) is 12.1 Å². The fourth-order valence-corrected chi connectivity index (χ4v) is 3.23. The molecule has 138 valence electrons. The summed E-state index contributed by atoms with van der Waals surface area (Å²) in [7, 11) is 0. The van der Waals surface area contributed by atoms with Crippen molar-refractivity contribution in [3.05, 3.63) is 23.3 Å². The number of phenolic OH excluding ortho intramolecular Hbond substituents is 2. The van der Waals surface area contributed by atoms with Gasteiger partial charge in [0.1, 0.15) is 11.5 Å². The molecule has 2 nitrogen and oxygen atoms in total. The van der Waals surface area contributed by atoms with Crippen LogP contribution in [0.25, 0.3) is 0 Å². The summed E-state index contributed by atoms with van der Waals surface area (Å²) in [6.07, 6.45) is 18.6. The van der Waals surface area contributed by atoms with Crippen LogP contribution >= 0.6 is 0 Å². The third-order valence-electron chi connectivity index (χ3n) is 4.98. The van der Waals surface area contributed by atoms with Crippen LogP contribution in [0.1, 0.15) is 102 Å². The minimum absolute atomic E-state index is 0.208. The molecule has 0 aliphatic rings. The first-order valence-electron chi connectivity index (χ1n) is 10.2. The van der Waals surface area contributed by atoms with Crippen molar-refractivity contribution in [2.45, 2.75) is 104 Å². The zero-order chi connectivity index (χ0) is 17.6. The average molecular weight is 335 g/mol. The lowest BCUT2D eigenvalue weighted by Gasteiger charge is -2.07. The van der Waals surface area contributed by atoms with Gasteiger partial charge in [0, 0.05) is 5.56 Å². The van der Waals surface area contributed by atoms with Gasteiger partial charge in [0.2, 0.25) is 0 Å². The Labute approximate surface area is 149 Å². The number of hydrogen-bond acceptors (Lipinski definition) is 2. The van der Waals surface area contributed by atoms with Crippen molar-refractivity contribution >= 4 is 0 Å². The van der Waals surface area contributed by atoms with Crippen molar-refractivity contribution in [2.75, 3.05) is 0 Å². The number of hydrogen-bond donors (Lipinski definition) is 2. The van der Waals surface area contributed by atoms with E-state index in [9.17, 15) is 10.2 Å². The Kier molecular flexibility index (Phi) is 11.4. The summed E-state index contributed by atoms with van der Waals surface area (Å²) in [4.78, 5) is 0. The lowest BCUT2D eigenvalue weighted by atomic mass is 10.0. The lowest BCUT2D eigenvalue weighted by Crippen LogP contribution is -1.88. The van der Waals surface area contributed by atoms with Crippen molar-refractivity contribution < 1.29 is 10.2 Å². The molecule has 2 N–H and O–H groups in total. The monoisotopic (exact) mass is 334 g/mol. The number of aromatic hydroxyl groups is 2. The van der Waals surface area contributed by atoms with Crippen LogP contribution in [0.3, 0.4) is 0 Å². The fraction of sp³-hybridized carbons (Fsp3) is 0.727. The van der Waals surface area contributed by atoms with Gasteiger partial charge in [-0.25, -0.2) is 0 Å². The van der Waals surface area contributed by atoms with Gasteiger partial charge in [0.25, 0.3) is 0 Å². The molecule has 0 atom stereocenters. The Morgan fingerprint density at radius 2 is 1.00 bits per heavy atom. The van der Waals surface area contributed by atoms with Crippen LogP contribution in [-0.2, 0) is 6.42 Å². The Morgan fingerprint density at radius 3 is 1.42 bits per heavy atom. The summed E-state index contributed by atoms with van der Waals surface area (Å²) >= 11 is 0. The summed E-state index contributed by atoms with van der Waals surface area (Å²) < 4.78 is 0. The normalized spacial score (nSPS) is 11.1. The maximum absolute atomic E-state index is 9.72. The molecule has 0 aromatic heterocycles. The van der Waals surface area contributed by atoms with Crippen molar-refractivity contribution in [2.24, 2.45) is 0 Å². The van der Waals surface area contributed by atoms with Gasteiger partial charge in [-0.2, -0.15) is 0 Å². The topological polar surface area (TPSA) is 40.5 Å². The van der Waals surface area contributed by atoms with Gasteiger partial charge < -0.3 is 10.2 Å². The highest BCUT2D eigenvalue weighted by molar-refractivity contribution is 5.45. The van der Waals surface area contributed by atoms with Crippen LogP contribution in [0.2, 0.25) is 0 Å². The van der Waals surface area contributed by atoms with Gasteiger partial charge in [-0.3, -0.25) is 0 Å². The Bertz CT molecular complexity index is 417. The van der Waals surface area contributed by atoms with E-state index in [1.54, 1.807) is 19.1 Å². The van der Waals surface area contributed by atoms with Crippen LogP contribution in [0.4, 0.5) is 0 Å².